The van der Waals surface area contributed by atoms with Crippen molar-refractivity contribution in [3.8, 4) is 0 Å². The van der Waals surface area contributed by atoms with Gasteiger partial charge < -0.3 is 16.1 Å². The summed E-state index contributed by atoms with van der Waals surface area (Å²) in [5.74, 6) is -3.31. The molecule has 0 aliphatic rings. The third-order valence-corrected chi connectivity index (χ3v) is 1.03. The third-order valence-electron chi connectivity index (χ3n) is 1.03. The van der Waals surface area contributed by atoms with Gasteiger partial charge in [0.15, 0.2) is 0 Å². The van der Waals surface area contributed by atoms with Crippen molar-refractivity contribution < 1.29 is 77.0 Å². The van der Waals surface area contributed by atoms with E-state index < -0.39 is 11.9 Å². The van der Waals surface area contributed by atoms with Crippen LogP contribution >= 0.6 is 0 Å². The second-order valence-corrected chi connectivity index (χ2v) is 1.77. The first-order valence-corrected chi connectivity index (χ1v) is 2.67. The molecule has 0 fully saturated rings. The molecule has 1 heterocycles. The van der Waals surface area contributed by atoms with Gasteiger partial charge in [-0.1, -0.05) is 0 Å². The van der Waals surface area contributed by atoms with E-state index in [1.165, 1.54) is 0 Å². The van der Waals surface area contributed by atoms with Gasteiger partial charge in [-0.2, -0.15) is 0 Å². The molecule has 1 rings (SSSR count). The Bertz CT molecular complexity index is 279. The van der Waals surface area contributed by atoms with E-state index in [9.17, 15) is 9.59 Å². The molecule has 0 bridgehead atoms. The van der Waals surface area contributed by atoms with Gasteiger partial charge in [-0.3, -0.25) is 0 Å². The van der Waals surface area contributed by atoms with Gasteiger partial charge in [-0.25, -0.2) is 9.59 Å². The van der Waals surface area contributed by atoms with E-state index >= 15 is 0 Å². The minimum Gasteiger partial charge on any atom is -1.00 e. The SMILES string of the molecule is O=C(O)c1ccc(C(=O)O)o1.[H-].[K+]. The Labute approximate surface area is 111 Å². The average molecular weight is 196 g/mol. The van der Waals surface area contributed by atoms with E-state index in [-0.39, 0.29) is 64.3 Å². The third kappa shape index (κ3) is 2.72. The number of carboxylic acid groups (broad SMARTS) is 2. The van der Waals surface area contributed by atoms with E-state index in [0.717, 1.165) is 12.1 Å². The van der Waals surface area contributed by atoms with Crippen LogP contribution in [0.4, 0.5) is 0 Å². The summed E-state index contributed by atoms with van der Waals surface area (Å²) >= 11 is 0. The first-order valence-electron chi connectivity index (χ1n) is 2.67. The van der Waals surface area contributed by atoms with Gasteiger partial charge in [0.05, 0.1) is 0 Å². The maximum atomic E-state index is 10.2. The van der Waals surface area contributed by atoms with Crippen LogP contribution in [0.25, 0.3) is 0 Å². The molecule has 0 aliphatic heterocycles. The van der Waals surface area contributed by atoms with Crippen molar-refractivity contribution in [3.63, 3.8) is 0 Å². The normalized spacial score (nSPS) is 8.67. The summed E-state index contributed by atoms with van der Waals surface area (Å²) in [5.41, 5.74) is 0. The van der Waals surface area contributed by atoms with Crippen LogP contribution in [0.5, 0.6) is 0 Å². The van der Waals surface area contributed by atoms with Crippen LogP contribution in [0.2, 0.25) is 0 Å². The average Bonchev–Trinajstić information content (AvgIpc) is 2.33. The van der Waals surface area contributed by atoms with Crippen molar-refractivity contribution in [2.24, 2.45) is 0 Å². The van der Waals surface area contributed by atoms with Crippen LogP contribution in [-0.4, -0.2) is 22.2 Å². The van der Waals surface area contributed by atoms with E-state index in [1.54, 1.807) is 0 Å². The molecule has 0 atom stereocenters. The standard InChI is InChI=1S/C6H4O5.K.H/c7-5(8)3-1-2-4(11-3)6(9)10;;/h1-2H,(H,7,8)(H,9,10);;/q;+1;-1. The predicted octanol–water partition coefficient (Wildman–Crippen LogP) is -2.21. The van der Waals surface area contributed by atoms with Crippen molar-refractivity contribution in [2.45, 2.75) is 0 Å². The fraction of sp³-hybridized carbons (Fsp3) is 0. The maximum Gasteiger partial charge on any atom is 1.00 e. The molecule has 0 aliphatic carbocycles. The Balaban J connectivity index is 0. The van der Waals surface area contributed by atoms with Crippen molar-refractivity contribution in [1.29, 1.82) is 0 Å². The first-order chi connectivity index (χ1) is 5.11. The molecule has 0 amide bonds. The fourth-order valence-corrected chi connectivity index (χ4v) is 0.568. The number of hydrogen-bond acceptors (Lipinski definition) is 3. The number of rotatable bonds is 2. The Morgan fingerprint density at radius 1 is 1.17 bits per heavy atom. The molecule has 1 aromatic rings. The molecule has 12 heavy (non-hydrogen) atoms. The molecule has 0 saturated carbocycles. The van der Waals surface area contributed by atoms with Crippen LogP contribution in [0.15, 0.2) is 16.5 Å². The molecule has 0 saturated heterocycles. The second-order valence-electron chi connectivity index (χ2n) is 1.77. The van der Waals surface area contributed by atoms with E-state index in [2.05, 4.69) is 4.42 Å². The smallest absolute Gasteiger partial charge is 1.00 e. The van der Waals surface area contributed by atoms with E-state index in [4.69, 9.17) is 10.2 Å². The van der Waals surface area contributed by atoms with Gasteiger partial charge in [-0.05, 0) is 12.1 Å². The van der Waals surface area contributed by atoms with E-state index in [1.807, 2.05) is 0 Å². The minimum atomic E-state index is -1.28. The largest absolute Gasteiger partial charge is 1.00 e. The summed E-state index contributed by atoms with van der Waals surface area (Å²) in [6.07, 6.45) is 0. The van der Waals surface area contributed by atoms with Gasteiger partial charge in [0.2, 0.25) is 11.5 Å². The molecular weight excluding hydrogens is 191 g/mol. The fourth-order valence-electron chi connectivity index (χ4n) is 0.568. The molecule has 6 heteroatoms. The second kappa shape index (κ2) is 4.78. The predicted molar refractivity (Wildman–Crippen MR) is 33.7 cm³/mol. The topological polar surface area (TPSA) is 87.7 Å². The summed E-state index contributed by atoms with van der Waals surface area (Å²) in [6, 6.07) is 2.18. The first kappa shape index (κ1) is 11.9. The molecule has 1 aromatic heterocycles. The van der Waals surface area contributed by atoms with Crippen molar-refractivity contribution >= 4 is 11.9 Å². The van der Waals surface area contributed by atoms with Gasteiger partial charge in [0.25, 0.3) is 0 Å². The maximum absolute atomic E-state index is 10.2. The molecule has 60 valence electrons. The Hall–Kier alpha value is -0.144. The molecule has 0 radical (unpaired) electrons. The quantitative estimate of drug-likeness (QED) is 0.524. The van der Waals surface area contributed by atoms with Gasteiger partial charge in [-0.15, -0.1) is 0 Å². The van der Waals surface area contributed by atoms with Gasteiger partial charge in [0, 0.05) is 0 Å². The van der Waals surface area contributed by atoms with Crippen molar-refractivity contribution in [2.75, 3.05) is 0 Å². The van der Waals surface area contributed by atoms with Crippen LogP contribution < -0.4 is 51.4 Å². The van der Waals surface area contributed by atoms with Gasteiger partial charge in [0.1, 0.15) is 0 Å². The van der Waals surface area contributed by atoms with Crippen LogP contribution in [-0.2, 0) is 0 Å². The number of carboxylic acids is 2. The summed E-state index contributed by atoms with van der Waals surface area (Å²) < 4.78 is 4.41. The molecular formula is C6H5KO5. The summed E-state index contributed by atoms with van der Waals surface area (Å²) in [4.78, 5) is 20.3. The van der Waals surface area contributed by atoms with Crippen LogP contribution in [0.3, 0.4) is 0 Å². The van der Waals surface area contributed by atoms with E-state index in [0.29, 0.717) is 0 Å². The number of hydrogen-bond donors (Lipinski definition) is 2. The van der Waals surface area contributed by atoms with Crippen molar-refractivity contribution in [3.05, 3.63) is 23.7 Å². The molecule has 2 N–H and O–H groups in total. The molecule has 0 spiro atoms. The molecule has 0 unspecified atom stereocenters. The minimum absolute atomic E-state index is 0. The Morgan fingerprint density at radius 3 is 1.67 bits per heavy atom. The summed E-state index contributed by atoms with van der Waals surface area (Å²) in [5, 5.41) is 16.6. The number of furan rings is 1. The van der Waals surface area contributed by atoms with Crippen LogP contribution in [0, 0.1) is 0 Å². The summed E-state index contributed by atoms with van der Waals surface area (Å²) in [7, 11) is 0. The number of carbonyl (C=O) groups is 2. The van der Waals surface area contributed by atoms with Gasteiger partial charge >= 0.3 is 63.3 Å². The Morgan fingerprint density at radius 2 is 1.50 bits per heavy atom. The monoisotopic (exact) mass is 196 g/mol. The van der Waals surface area contributed by atoms with Crippen molar-refractivity contribution in [1.82, 2.24) is 0 Å². The molecule has 5 nitrogen and oxygen atoms in total. The zero-order valence-electron chi connectivity index (χ0n) is 7.27. The number of aromatic carboxylic acids is 2. The zero-order chi connectivity index (χ0) is 8.43. The zero-order valence-corrected chi connectivity index (χ0v) is 9.40. The van der Waals surface area contributed by atoms with Crippen LogP contribution in [0.1, 0.15) is 22.5 Å². The Kier molecular flexibility index (Phi) is 4.72. The summed E-state index contributed by atoms with van der Waals surface area (Å²) in [6.45, 7) is 0. The molecule has 0 aromatic carbocycles.